The summed E-state index contributed by atoms with van der Waals surface area (Å²) in [6, 6.07) is 0. The molecule has 0 amide bonds. The highest BCUT2D eigenvalue weighted by molar-refractivity contribution is 4.77. The van der Waals surface area contributed by atoms with Crippen molar-refractivity contribution in [1.82, 2.24) is 5.32 Å². The van der Waals surface area contributed by atoms with E-state index in [9.17, 15) is 0 Å². The molecule has 1 N–H and O–H groups in total. The van der Waals surface area contributed by atoms with Crippen molar-refractivity contribution in [3.63, 3.8) is 0 Å². The Bertz CT molecular complexity index is 124. The lowest BCUT2D eigenvalue weighted by Gasteiger charge is -2.29. The zero-order valence-corrected chi connectivity index (χ0v) is 9.32. The molecule has 0 radical (unpaired) electrons. The summed E-state index contributed by atoms with van der Waals surface area (Å²) >= 11 is 0. The van der Waals surface area contributed by atoms with E-state index in [1.165, 1.54) is 0 Å². The van der Waals surface area contributed by atoms with E-state index in [1.54, 1.807) is 7.11 Å². The minimum Gasteiger partial charge on any atom is -0.384 e. The van der Waals surface area contributed by atoms with Gasteiger partial charge in [-0.15, -0.1) is 0 Å². The number of ether oxygens (including phenoxy) is 1. The predicted molar refractivity (Wildman–Crippen MR) is 53.4 cm³/mol. The lowest BCUT2D eigenvalue weighted by atomic mass is 9.93. The van der Waals surface area contributed by atoms with Crippen molar-refractivity contribution in [3.05, 3.63) is 0 Å². The fourth-order valence-electron chi connectivity index (χ4n) is 0.946. The fourth-order valence-corrected chi connectivity index (χ4v) is 0.946. The molecule has 0 aromatic rings. The van der Waals surface area contributed by atoms with Crippen LogP contribution in [0.4, 0.5) is 0 Å². The number of methoxy groups -OCH3 is 1. The van der Waals surface area contributed by atoms with E-state index in [0.717, 1.165) is 13.2 Å². The molecule has 2 heteroatoms. The van der Waals surface area contributed by atoms with E-state index in [1.807, 2.05) is 0 Å². The topological polar surface area (TPSA) is 21.3 Å². The lowest BCUT2D eigenvalue weighted by Crippen LogP contribution is -2.43. The Kier molecular flexibility index (Phi) is 4.21. The second-order valence-corrected chi connectivity index (χ2v) is 5.20. The van der Waals surface area contributed by atoms with Crippen molar-refractivity contribution in [2.45, 2.75) is 40.2 Å². The van der Waals surface area contributed by atoms with Gasteiger partial charge in [-0.05, 0) is 20.8 Å². The quantitative estimate of drug-likeness (QED) is 0.702. The van der Waals surface area contributed by atoms with Crippen molar-refractivity contribution in [2.24, 2.45) is 5.41 Å². The molecule has 74 valence electrons. The molecule has 0 spiro atoms. The first-order valence-corrected chi connectivity index (χ1v) is 4.51. The molecular formula is C10H23NO. The SMILES string of the molecule is COCC(C)(C)CNC(C)(C)C. The van der Waals surface area contributed by atoms with Crippen molar-refractivity contribution in [2.75, 3.05) is 20.3 Å². The zero-order chi connectivity index (χ0) is 9.83. The van der Waals surface area contributed by atoms with Gasteiger partial charge in [-0.1, -0.05) is 13.8 Å². The molecule has 0 atom stereocenters. The molecular weight excluding hydrogens is 150 g/mol. The number of hydrogen-bond acceptors (Lipinski definition) is 2. The van der Waals surface area contributed by atoms with Crippen LogP contribution >= 0.6 is 0 Å². The standard InChI is InChI=1S/C10H23NO/c1-9(2,3)11-7-10(4,5)8-12-6/h11H,7-8H2,1-6H3. The highest BCUT2D eigenvalue weighted by atomic mass is 16.5. The van der Waals surface area contributed by atoms with Crippen molar-refractivity contribution >= 4 is 0 Å². The van der Waals surface area contributed by atoms with Gasteiger partial charge in [-0.2, -0.15) is 0 Å². The molecule has 0 aromatic carbocycles. The lowest BCUT2D eigenvalue weighted by molar-refractivity contribution is 0.0985. The largest absolute Gasteiger partial charge is 0.384 e. The summed E-state index contributed by atoms with van der Waals surface area (Å²) in [5, 5.41) is 3.47. The van der Waals surface area contributed by atoms with Gasteiger partial charge in [0.1, 0.15) is 0 Å². The van der Waals surface area contributed by atoms with E-state index >= 15 is 0 Å². The van der Waals surface area contributed by atoms with Crippen LogP contribution in [0.25, 0.3) is 0 Å². The van der Waals surface area contributed by atoms with Crippen LogP contribution in [0.2, 0.25) is 0 Å². The summed E-state index contributed by atoms with van der Waals surface area (Å²) in [7, 11) is 1.75. The monoisotopic (exact) mass is 173 g/mol. The van der Waals surface area contributed by atoms with E-state index in [4.69, 9.17) is 4.74 Å². The Morgan fingerprint density at radius 1 is 1.08 bits per heavy atom. The van der Waals surface area contributed by atoms with Crippen molar-refractivity contribution in [1.29, 1.82) is 0 Å². The van der Waals surface area contributed by atoms with Gasteiger partial charge in [0.05, 0.1) is 6.61 Å². The average Bonchev–Trinajstić information content (AvgIpc) is 1.83. The van der Waals surface area contributed by atoms with Crippen LogP contribution in [-0.2, 0) is 4.74 Å². The number of hydrogen-bond donors (Lipinski definition) is 1. The van der Waals surface area contributed by atoms with Crippen LogP contribution in [0.3, 0.4) is 0 Å². The van der Waals surface area contributed by atoms with E-state index in [2.05, 4.69) is 39.9 Å². The van der Waals surface area contributed by atoms with Crippen molar-refractivity contribution in [3.8, 4) is 0 Å². The van der Waals surface area contributed by atoms with Crippen LogP contribution in [-0.4, -0.2) is 25.8 Å². The number of rotatable bonds is 4. The molecule has 0 bridgehead atoms. The molecule has 0 saturated heterocycles. The summed E-state index contributed by atoms with van der Waals surface area (Å²) in [6.07, 6.45) is 0. The Labute approximate surface area is 76.7 Å². The van der Waals surface area contributed by atoms with Gasteiger partial charge in [0.2, 0.25) is 0 Å². The molecule has 0 heterocycles. The molecule has 12 heavy (non-hydrogen) atoms. The Morgan fingerprint density at radius 2 is 1.58 bits per heavy atom. The molecule has 0 fully saturated rings. The Balaban J connectivity index is 3.75. The third-order valence-corrected chi connectivity index (χ3v) is 1.63. The summed E-state index contributed by atoms with van der Waals surface area (Å²) < 4.78 is 5.13. The smallest absolute Gasteiger partial charge is 0.0525 e. The second kappa shape index (κ2) is 4.24. The van der Waals surface area contributed by atoms with Crippen LogP contribution in [0.5, 0.6) is 0 Å². The first kappa shape index (κ1) is 11.9. The van der Waals surface area contributed by atoms with Gasteiger partial charge in [0, 0.05) is 24.6 Å². The molecule has 0 aliphatic rings. The highest BCUT2D eigenvalue weighted by Crippen LogP contribution is 2.15. The summed E-state index contributed by atoms with van der Waals surface area (Å²) in [5.41, 5.74) is 0.424. The minimum atomic E-state index is 0.199. The molecule has 0 aliphatic carbocycles. The van der Waals surface area contributed by atoms with Gasteiger partial charge in [-0.25, -0.2) is 0 Å². The summed E-state index contributed by atoms with van der Waals surface area (Å²) in [5.74, 6) is 0. The van der Waals surface area contributed by atoms with Gasteiger partial charge >= 0.3 is 0 Å². The van der Waals surface area contributed by atoms with E-state index in [-0.39, 0.29) is 11.0 Å². The maximum absolute atomic E-state index is 5.13. The normalized spacial score (nSPS) is 13.5. The van der Waals surface area contributed by atoms with Crippen LogP contribution < -0.4 is 5.32 Å². The van der Waals surface area contributed by atoms with Gasteiger partial charge in [0.25, 0.3) is 0 Å². The molecule has 0 saturated carbocycles. The first-order valence-electron chi connectivity index (χ1n) is 4.51. The summed E-state index contributed by atoms with van der Waals surface area (Å²) in [4.78, 5) is 0. The first-order chi connectivity index (χ1) is 5.27. The third-order valence-electron chi connectivity index (χ3n) is 1.63. The highest BCUT2D eigenvalue weighted by Gasteiger charge is 2.20. The van der Waals surface area contributed by atoms with Crippen LogP contribution in [0.15, 0.2) is 0 Å². The third kappa shape index (κ3) is 6.62. The molecule has 0 aromatic heterocycles. The maximum Gasteiger partial charge on any atom is 0.0525 e. The minimum absolute atomic E-state index is 0.199. The molecule has 0 aliphatic heterocycles. The Hall–Kier alpha value is -0.0800. The molecule has 0 unspecified atom stereocenters. The number of nitrogens with one attached hydrogen (secondary N) is 1. The zero-order valence-electron chi connectivity index (χ0n) is 9.32. The van der Waals surface area contributed by atoms with Gasteiger partial charge in [0.15, 0.2) is 0 Å². The van der Waals surface area contributed by atoms with Crippen LogP contribution in [0, 0.1) is 5.41 Å². The Morgan fingerprint density at radius 3 is 1.92 bits per heavy atom. The van der Waals surface area contributed by atoms with E-state index in [0.29, 0.717) is 0 Å². The van der Waals surface area contributed by atoms with Gasteiger partial charge < -0.3 is 10.1 Å². The van der Waals surface area contributed by atoms with Gasteiger partial charge in [-0.3, -0.25) is 0 Å². The van der Waals surface area contributed by atoms with E-state index < -0.39 is 0 Å². The maximum atomic E-state index is 5.13. The average molecular weight is 173 g/mol. The fraction of sp³-hybridized carbons (Fsp3) is 1.00. The van der Waals surface area contributed by atoms with Crippen LogP contribution in [0.1, 0.15) is 34.6 Å². The molecule has 2 nitrogen and oxygen atoms in total. The second-order valence-electron chi connectivity index (χ2n) is 5.20. The predicted octanol–water partition coefficient (Wildman–Crippen LogP) is 2.05. The molecule has 0 rings (SSSR count). The summed E-state index contributed by atoms with van der Waals surface area (Å²) in [6.45, 7) is 12.7. The van der Waals surface area contributed by atoms with Crippen molar-refractivity contribution < 1.29 is 4.74 Å².